The number of fused-ring (bicyclic) bond motifs is 1. The molecule has 0 amide bonds. The highest BCUT2D eigenvalue weighted by atomic mass is 16.5. The van der Waals surface area contributed by atoms with Gasteiger partial charge in [-0.15, -0.1) is 0 Å². The van der Waals surface area contributed by atoms with Crippen molar-refractivity contribution in [2.24, 2.45) is 0 Å². The number of ether oxygens (including phenoxy) is 1. The number of para-hydroxylation sites is 1. The molecule has 0 aliphatic rings. The van der Waals surface area contributed by atoms with E-state index in [1.54, 1.807) is 12.3 Å². The Morgan fingerprint density at radius 3 is 2.82 bits per heavy atom. The molecule has 0 aliphatic heterocycles. The first-order valence-electron chi connectivity index (χ1n) is 7.30. The van der Waals surface area contributed by atoms with E-state index in [0.29, 0.717) is 12.2 Å². The van der Waals surface area contributed by atoms with Crippen LogP contribution in [0.25, 0.3) is 10.9 Å². The predicted molar refractivity (Wildman–Crippen MR) is 86.9 cm³/mol. The van der Waals surface area contributed by atoms with Crippen LogP contribution in [-0.2, 0) is 11.2 Å². The molecule has 110 valence electrons. The van der Waals surface area contributed by atoms with Crippen molar-refractivity contribution in [3.05, 3.63) is 77.5 Å². The maximum atomic E-state index is 12.3. The summed E-state index contributed by atoms with van der Waals surface area (Å²) in [5.74, 6) is -0.300. The molecule has 0 unspecified atom stereocenters. The van der Waals surface area contributed by atoms with Gasteiger partial charge >= 0.3 is 5.97 Å². The zero-order chi connectivity index (χ0) is 15.4. The van der Waals surface area contributed by atoms with Gasteiger partial charge < -0.3 is 4.74 Å². The number of hydrogen-bond acceptors (Lipinski definition) is 3. The summed E-state index contributed by atoms with van der Waals surface area (Å²) in [6.07, 6.45) is 2.36. The Hall–Kier alpha value is -2.68. The van der Waals surface area contributed by atoms with Crippen molar-refractivity contribution in [2.75, 3.05) is 6.61 Å². The number of carbonyl (C=O) groups excluding carboxylic acids is 1. The average Bonchev–Trinajstić information content (AvgIpc) is 2.54. The molecule has 2 aromatic carbocycles. The fourth-order valence-electron chi connectivity index (χ4n) is 2.48. The summed E-state index contributed by atoms with van der Waals surface area (Å²) in [5.41, 5.74) is 3.75. The Morgan fingerprint density at radius 1 is 1.09 bits per heavy atom. The van der Waals surface area contributed by atoms with Gasteiger partial charge in [-0.2, -0.15) is 0 Å². The molecule has 0 radical (unpaired) electrons. The highest BCUT2D eigenvalue weighted by molar-refractivity contribution is 6.03. The van der Waals surface area contributed by atoms with Crippen molar-refractivity contribution < 1.29 is 9.53 Å². The second kappa shape index (κ2) is 6.39. The monoisotopic (exact) mass is 291 g/mol. The lowest BCUT2D eigenvalue weighted by molar-refractivity contribution is 0.0511. The van der Waals surface area contributed by atoms with Gasteiger partial charge in [-0.05, 0) is 24.6 Å². The zero-order valence-corrected chi connectivity index (χ0v) is 12.5. The molecule has 3 nitrogen and oxygen atoms in total. The number of benzene rings is 2. The summed E-state index contributed by atoms with van der Waals surface area (Å²) in [6.45, 7) is 2.43. The maximum Gasteiger partial charge on any atom is 0.338 e. The van der Waals surface area contributed by atoms with E-state index in [2.05, 4.69) is 24.0 Å². The summed E-state index contributed by atoms with van der Waals surface area (Å²) in [4.78, 5) is 16.5. The lowest BCUT2D eigenvalue weighted by Gasteiger charge is -2.07. The van der Waals surface area contributed by atoms with Gasteiger partial charge in [0.1, 0.15) is 0 Å². The fraction of sp³-hybridized carbons (Fsp3) is 0.158. The topological polar surface area (TPSA) is 39.2 Å². The number of esters is 1. The van der Waals surface area contributed by atoms with Crippen LogP contribution in [0.3, 0.4) is 0 Å². The van der Waals surface area contributed by atoms with Crippen molar-refractivity contribution >= 4 is 16.9 Å². The smallest absolute Gasteiger partial charge is 0.338 e. The Kier molecular flexibility index (Phi) is 4.15. The molecule has 3 aromatic rings. The number of nitrogens with zero attached hydrogens (tertiary/aromatic N) is 1. The molecule has 22 heavy (non-hydrogen) atoms. The van der Waals surface area contributed by atoms with E-state index in [1.807, 2.05) is 36.4 Å². The number of aromatic nitrogens is 1. The van der Waals surface area contributed by atoms with Crippen molar-refractivity contribution in [3.8, 4) is 0 Å². The first-order valence-corrected chi connectivity index (χ1v) is 7.30. The number of carbonyl (C=O) groups is 1. The molecule has 0 saturated carbocycles. The number of rotatable bonds is 4. The predicted octanol–water partition coefficient (Wildman–Crippen LogP) is 3.94. The summed E-state index contributed by atoms with van der Waals surface area (Å²) in [7, 11) is 0. The molecular weight excluding hydrogens is 274 g/mol. The molecule has 0 N–H and O–H groups in total. The summed E-state index contributed by atoms with van der Waals surface area (Å²) in [6, 6.07) is 17.5. The van der Waals surface area contributed by atoms with Gasteiger partial charge in [0.15, 0.2) is 0 Å². The van der Waals surface area contributed by atoms with Gasteiger partial charge in [0.25, 0.3) is 0 Å². The first-order chi connectivity index (χ1) is 10.7. The van der Waals surface area contributed by atoms with Crippen molar-refractivity contribution in [1.82, 2.24) is 4.98 Å². The van der Waals surface area contributed by atoms with Crippen molar-refractivity contribution in [1.29, 1.82) is 0 Å². The van der Waals surface area contributed by atoms with Gasteiger partial charge in [-0.1, -0.05) is 48.0 Å². The van der Waals surface area contributed by atoms with Crippen LogP contribution in [0.15, 0.2) is 60.8 Å². The largest absolute Gasteiger partial charge is 0.462 e. The van der Waals surface area contributed by atoms with Gasteiger partial charge in [0.05, 0.1) is 17.7 Å². The molecule has 3 rings (SSSR count). The lowest BCUT2D eigenvalue weighted by atomic mass is 10.1. The van der Waals surface area contributed by atoms with E-state index in [-0.39, 0.29) is 5.97 Å². The minimum Gasteiger partial charge on any atom is -0.462 e. The molecule has 0 spiro atoms. The van der Waals surface area contributed by atoms with E-state index in [4.69, 9.17) is 4.74 Å². The Morgan fingerprint density at radius 2 is 1.95 bits per heavy atom. The number of hydrogen-bond donors (Lipinski definition) is 0. The number of aryl methyl sites for hydroxylation is 1. The molecule has 0 atom stereocenters. The second-order valence-corrected chi connectivity index (χ2v) is 5.25. The zero-order valence-electron chi connectivity index (χ0n) is 12.5. The minimum atomic E-state index is -0.300. The van der Waals surface area contributed by atoms with Crippen molar-refractivity contribution in [3.63, 3.8) is 0 Å². The van der Waals surface area contributed by atoms with E-state index in [1.165, 1.54) is 11.1 Å². The van der Waals surface area contributed by atoms with Crippen molar-refractivity contribution in [2.45, 2.75) is 13.3 Å². The fourth-order valence-corrected chi connectivity index (χ4v) is 2.48. The van der Waals surface area contributed by atoms with E-state index in [0.717, 1.165) is 17.3 Å². The van der Waals surface area contributed by atoms with Crippen LogP contribution in [0.5, 0.6) is 0 Å². The minimum absolute atomic E-state index is 0.300. The summed E-state index contributed by atoms with van der Waals surface area (Å²) in [5, 5.41) is 0.825. The average molecular weight is 291 g/mol. The third kappa shape index (κ3) is 3.14. The molecular formula is C19H17NO2. The first kappa shape index (κ1) is 14.3. The molecule has 1 aromatic heterocycles. The molecule has 0 bridgehead atoms. The van der Waals surface area contributed by atoms with Gasteiger partial charge in [-0.25, -0.2) is 4.79 Å². The Labute approximate surface area is 129 Å². The lowest BCUT2D eigenvalue weighted by Crippen LogP contribution is -2.09. The highest BCUT2D eigenvalue weighted by Gasteiger charge is 2.11. The second-order valence-electron chi connectivity index (χ2n) is 5.25. The third-order valence-electron chi connectivity index (χ3n) is 3.58. The van der Waals surface area contributed by atoms with E-state index in [9.17, 15) is 4.79 Å². The molecule has 0 aliphatic carbocycles. The summed E-state index contributed by atoms with van der Waals surface area (Å²) < 4.78 is 5.41. The molecule has 1 heterocycles. The Balaban J connectivity index is 1.69. The van der Waals surface area contributed by atoms with E-state index >= 15 is 0 Å². The van der Waals surface area contributed by atoms with Crippen LogP contribution in [0.2, 0.25) is 0 Å². The normalized spacial score (nSPS) is 10.6. The standard InChI is InChI=1S/C19H17NO2/c1-14-5-4-6-15(13-14)10-12-22-19(21)17-9-11-20-18-8-3-2-7-16(17)18/h2-9,11,13H,10,12H2,1H3. The molecule has 0 fully saturated rings. The van der Waals surface area contributed by atoms with Crippen LogP contribution in [-0.4, -0.2) is 17.6 Å². The Bertz CT molecular complexity index is 806. The molecule has 0 saturated heterocycles. The van der Waals surface area contributed by atoms with Crippen LogP contribution in [0.1, 0.15) is 21.5 Å². The SMILES string of the molecule is Cc1cccc(CCOC(=O)c2ccnc3ccccc23)c1. The maximum absolute atomic E-state index is 12.3. The quantitative estimate of drug-likeness (QED) is 0.683. The molecule has 3 heteroatoms. The van der Waals surface area contributed by atoms with Crippen LogP contribution in [0, 0.1) is 6.92 Å². The summed E-state index contributed by atoms with van der Waals surface area (Å²) >= 11 is 0. The van der Waals surface area contributed by atoms with E-state index < -0.39 is 0 Å². The van der Waals surface area contributed by atoms with Crippen LogP contribution in [0.4, 0.5) is 0 Å². The highest BCUT2D eigenvalue weighted by Crippen LogP contribution is 2.17. The van der Waals surface area contributed by atoms with Gasteiger partial charge in [-0.3, -0.25) is 4.98 Å². The van der Waals surface area contributed by atoms with Crippen LogP contribution >= 0.6 is 0 Å². The number of pyridine rings is 1. The van der Waals surface area contributed by atoms with Crippen LogP contribution < -0.4 is 0 Å². The third-order valence-corrected chi connectivity index (χ3v) is 3.58. The van der Waals surface area contributed by atoms with Gasteiger partial charge in [0, 0.05) is 18.0 Å². The van der Waals surface area contributed by atoms with Gasteiger partial charge in [0.2, 0.25) is 0 Å².